The Morgan fingerprint density at radius 3 is 2.92 bits per heavy atom. The summed E-state index contributed by atoms with van der Waals surface area (Å²) in [5.41, 5.74) is 2.57. The molecule has 1 N–H and O–H groups in total. The number of hydrogen-bond acceptors (Lipinski definition) is 3. The van der Waals surface area contributed by atoms with Crippen LogP contribution >= 0.6 is 23.4 Å². The van der Waals surface area contributed by atoms with Crippen molar-refractivity contribution in [2.45, 2.75) is 24.3 Å². The van der Waals surface area contributed by atoms with E-state index in [0.717, 1.165) is 23.1 Å². The third-order valence-corrected chi connectivity index (χ3v) is 5.81. The average molecular weight is 358 g/mol. The second-order valence-electron chi connectivity index (χ2n) is 5.87. The van der Waals surface area contributed by atoms with E-state index >= 15 is 0 Å². The van der Waals surface area contributed by atoms with E-state index in [1.807, 2.05) is 43.0 Å². The highest BCUT2D eigenvalue weighted by atomic mass is 35.5. The van der Waals surface area contributed by atoms with E-state index < -0.39 is 0 Å². The van der Waals surface area contributed by atoms with Crippen molar-refractivity contribution < 1.29 is 9.21 Å². The molecule has 3 nitrogen and oxygen atoms in total. The van der Waals surface area contributed by atoms with E-state index in [-0.39, 0.29) is 11.9 Å². The number of carbonyl (C=O) groups is 1. The Kier molecular flexibility index (Phi) is 4.02. The van der Waals surface area contributed by atoms with Gasteiger partial charge >= 0.3 is 0 Å². The van der Waals surface area contributed by atoms with Crippen LogP contribution in [0.5, 0.6) is 0 Å². The lowest BCUT2D eigenvalue weighted by Gasteiger charge is -2.25. The van der Waals surface area contributed by atoms with Crippen molar-refractivity contribution >= 4 is 40.2 Å². The molecule has 1 atom stereocenters. The van der Waals surface area contributed by atoms with E-state index in [4.69, 9.17) is 16.0 Å². The zero-order valence-electron chi connectivity index (χ0n) is 13.1. The van der Waals surface area contributed by atoms with Crippen molar-refractivity contribution in [2.75, 3.05) is 5.75 Å². The summed E-state index contributed by atoms with van der Waals surface area (Å²) in [7, 11) is 0. The summed E-state index contributed by atoms with van der Waals surface area (Å²) >= 11 is 8.01. The van der Waals surface area contributed by atoms with E-state index in [1.54, 1.807) is 6.07 Å². The standard InChI is InChI=1S/C19H16ClNO2S/c1-11-12-6-4-7-14(20)18(12)23-17(11)19(22)21-15-9-10-24-16-8-3-2-5-13(15)16/h2-8,15H,9-10H2,1H3,(H,21,22). The molecule has 4 rings (SSSR count). The second kappa shape index (κ2) is 6.19. The number of fused-ring (bicyclic) bond motifs is 2. The molecule has 0 fully saturated rings. The van der Waals surface area contributed by atoms with E-state index in [0.29, 0.717) is 16.4 Å². The van der Waals surface area contributed by atoms with E-state index in [1.165, 1.54) is 10.5 Å². The Bertz CT molecular complexity index is 934. The fourth-order valence-electron chi connectivity index (χ4n) is 3.14. The van der Waals surface area contributed by atoms with Gasteiger partial charge in [-0.1, -0.05) is 41.9 Å². The molecular weight excluding hydrogens is 342 g/mol. The predicted molar refractivity (Wildman–Crippen MR) is 98.0 cm³/mol. The van der Waals surface area contributed by atoms with Crippen LogP contribution in [0.25, 0.3) is 11.0 Å². The molecule has 0 saturated carbocycles. The summed E-state index contributed by atoms with van der Waals surface area (Å²) in [6, 6.07) is 13.8. The molecule has 122 valence electrons. The number of furan rings is 1. The van der Waals surface area contributed by atoms with Gasteiger partial charge in [0.2, 0.25) is 0 Å². The van der Waals surface area contributed by atoms with Crippen molar-refractivity contribution in [3.8, 4) is 0 Å². The molecule has 1 aliphatic heterocycles. The van der Waals surface area contributed by atoms with Gasteiger partial charge in [0.1, 0.15) is 0 Å². The molecule has 0 aliphatic carbocycles. The van der Waals surface area contributed by atoms with Crippen LogP contribution < -0.4 is 5.32 Å². The van der Waals surface area contributed by atoms with Gasteiger partial charge < -0.3 is 9.73 Å². The summed E-state index contributed by atoms with van der Waals surface area (Å²) in [5.74, 6) is 1.15. The molecule has 0 saturated heterocycles. The molecule has 1 aliphatic rings. The first-order valence-electron chi connectivity index (χ1n) is 7.85. The Morgan fingerprint density at radius 2 is 2.08 bits per heavy atom. The van der Waals surface area contributed by atoms with Crippen LogP contribution in [0.1, 0.15) is 34.1 Å². The van der Waals surface area contributed by atoms with Gasteiger partial charge in [-0.05, 0) is 31.0 Å². The highest BCUT2D eigenvalue weighted by molar-refractivity contribution is 7.99. The third-order valence-electron chi connectivity index (χ3n) is 4.39. The maximum Gasteiger partial charge on any atom is 0.287 e. The van der Waals surface area contributed by atoms with Gasteiger partial charge in [-0.25, -0.2) is 0 Å². The Labute approximate surface area is 149 Å². The number of benzene rings is 2. The van der Waals surface area contributed by atoms with E-state index in [2.05, 4.69) is 17.4 Å². The number of hydrogen-bond donors (Lipinski definition) is 1. The molecule has 2 aromatic carbocycles. The molecule has 1 amide bonds. The van der Waals surface area contributed by atoms with Crippen molar-refractivity contribution in [2.24, 2.45) is 0 Å². The smallest absolute Gasteiger partial charge is 0.287 e. The molecule has 1 unspecified atom stereocenters. The van der Waals surface area contributed by atoms with Gasteiger partial charge in [0.25, 0.3) is 5.91 Å². The highest BCUT2D eigenvalue weighted by Gasteiger charge is 2.25. The van der Waals surface area contributed by atoms with Crippen LogP contribution in [0.4, 0.5) is 0 Å². The number of halogens is 1. The summed E-state index contributed by atoms with van der Waals surface area (Å²) in [6.07, 6.45) is 0.910. The molecule has 0 radical (unpaired) electrons. The number of rotatable bonds is 2. The zero-order valence-corrected chi connectivity index (χ0v) is 14.7. The molecule has 5 heteroatoms. The summed E-state index contributed by atoms with van der Waals surface area (Å²) < 4.78 is 5.77. The van der Waals surface area contributed by atoms with Gasteiger partial charge in [0.15, 0.2) is 11.3 Å². The van der Waals surface area contributed by atoms with Gasteiger partial charge in [0.05, 0.1) is 11.1 Å². The van der Waals surface area contributed by atoms with Crippen LogP contribution in [-0.4, -0.2) is 11.7 Å². The number of nitrogens with one attached hydrogen (secondary N) is 1. The summed E-state index contributed by atoms with van der Waals surface area (Å²) in [5, 5.41) is 4.53. The SMILES string of the molecule is Cc1c(C(=O)NC2CCSc3ccccc32)oc2c(Cl)cccc12. The summed E-state index contributed by atoms with van der Waals surface area (Å²) in [4.78, 5) is 14.0. The lowest BCUT2D eigenvalue weighted by molar-refractivity contribution is 0.0908. The normalized spacial score (nSPS) is 16.8. The van der Waals surface area contributed by atoms with Crippen molar-refractivity contribution in [3.63, 3.8) is 0 Å². The predicted octanol–water partition coefficient (Wildman–Crippen LogP) is 5.36. The van der Waals surface area contributed by atoms with Crippen LogP contribution in [-0.2, 0) is 0 Å². The highest BCUT2D eigenvalue weighted by Crippen LogP contribution is 2.36. The van der Waals surface area contributed by atoms with E-state index in [9.17, 15) is 4.79 Å². The van der Waals surface area contributed by atoms with Crippen LogP contribution in [0.2, 0.25) is 5.02 Å². The quantitative estimate of drug-likeness (QED) is 0.671. The number of amides is 1. The lowest BCUT2D eigenvalue weighted by atomic mass is 10.0. The molecular formula is C19H16ClNO2S. The monoisotopic (exact) mass is 357 g/mol. The van der Waals surface area contributed by atoms with Crippen molar-refractivity contribution in [3.05, 3.63) is 64.4 Å². The Hall–Kier alpha value is -1.91. The lowest BCUT2D eigenvalue weighted by Crippen LogP contribution is -2.30. The average Bonchev–Trinajstić information content (AvgIpc) is 2.94. The summed E-state index contributed by atoms with van der Waals surface area (Å²) in [6.45, 7) is 1.89. The largest absolute Gasteiger partial charge is 0.449 e. The molecule has 2 heterocycles. The molecule has 0 spiro atoms. The maximum absolute atomic E-state index is 12.8. The Balaban J connectivity index is 1.66. The first kappa shape index (κ1) is 15.6. The number of carbonyl (C=O) groups excluding carboxylic acids is 1. The van der Waals surface area contributed by atoms with Crippen molar-refractivity contribution in [1.29, 1.82) is 0 Å². The van der Waals surface area contributed by atoms with Crippen LogP contribution in [0.3, 0.4) is 0 Å². The first-order chi connectivity index (χ1) is 11.6. The van der Waals surface area contributed by atoms with Crippen LogP contribution in [0.15, 0.2) is 51.8 Å². The minimum Gasteiger partial charge on any atom is -0.449 e. The Morgan fingerprint density at radius 1 is 1.25 bits per heavy atom. The zero-order chi connectivity index (χ0) is 16.7. The molecule has 3 aromatic rings. The fourth-order valence-corrected chi connectivity index (χ4v) is 4.48. The number of aryl methyl sites for hydroxylation is 1. The number of thioether (sulfide) groups is 1. The van der Waals surface area contributed by atoms with Gasteiger partial charge in [-0.3, -0.25) is 4.79 Å². The maximum atomic E-state index is 12.8. The molecule has 0 bridgehead atoms. The van der Waals surface area contributed by atoms with Gasteiger partial charge in [0, 0.05) is 21.6 Å². The topological polar surface area (TPSA) is 42.2 Å². The third kappa shape index (κ3) is 2.60. The van der Waals surface area contributed by atoms with Crippen LogP contribution in [0, 0.1) is 6.92 Å². The minimum absolute atomic E-state index is 0.0121. The van der Waals surface area contributed by atoms with Crippen molar-refractivity contribution in [1.82, 2.24) is 5.32 Å². The minimum atomic E-state index is -0.188. The molecule has 24 heavy (non-hydrogen) atoms. The number of para-hydroxylation sites is 1. The van der Waals surface area contributed by atoms with Gasteiger partial charge in [-0.2, -0.15) is 0 Å². The second-order valence-corrected chi connectivity index (χ2v) is 7.42. The van der Waals surface area contributed by atoms with Gasteiger partial charge in [-0.15, -0.1) is 11.8 Å². The first-order valence-corrected chi connectivity index (χ1v) is 9.21. The fraction of sp³-hybridized carbons (Fsp3) is 0.211. The molecule has 1 aromatic heterocycles.